The molecule has 29 heavy (non-hydrogen) atoms. The van der Waals surface area contributed by atoms with Crippen LogP contribution in [0.15, 0.2) is 47.4 Å². The van der Waals surface area contributed by atoms with Gasteiger partial charge < -0.3 is 9.80 Å². The summed E-state index contributed by atoms with van der Waals surface area (Å²) in [5, 5.41) is 0.477. The van der Waals surface area contributed by atoms with Crippen molar-refractivity contribution in [1.29, 1.82) is 0 Å². The van der Waals surface area contributed by atoms with Crippen molar-refractivity contribution in [3.8, 4) is 0 Å². The third-order valence-electron chi connectivity index (χ3n) is 5.36. The lowest BCUT2D eigenvalue weighted by molar-refractivity contribution is 0.0643. The predicted octanol–water partition coefficient (Wildman–Crippen LogP) is 3.25. The van der Waals surface area contributed by atoms with Gasteiger partial charge in [-0.15, -0.1) is 0 Å². The number of hydrogen-bond donors (Lipinski definition) is 0. The zero-order chi connectivity index (χ0) is 21.2. The van der Waals surface area contributed by atoms with Gasteiger partial charge in [-0.3, -0.25) is 9.10 Å². The lowest BCUT2D eigenvalue weighted by Gasteiger charge is -2.34. The minimum absolute atomic E-state index is 0.0152. The van der Waals surface area contributed by atoms with Crippen molar-refractivity contribution in [3.63, 3.8) is 0 Å². The number of anilines is 1. The van der Waals surface area contributed by atoms with Crippen LogP contribution in [0.2, 0.25) is 5.02 Å². The first-order valence-electron chi connectivity index (χ1n) is 9.61. The van der Waals surface area contributed by atoms with Crippen molar-refractivity contribution < 1.29 is 13.2 Å². The van der Waals surface area contributed by atoms with E-state index in [2.05, 4.69) is 11.8 Å². The van der Waals surface area contributed by atoms with Crippen LogP contribution in [0, 0.1) is 6.92 Å². The van der Waals surface area contributed by atoms with Crippen molar-refractivity contribution in [1.82, 2.24) is 9.80 Å². The van der Waals surface area contributed by atoms with Crippen LogP contribution >= 0.6 is 11.6 Å². The maximum Gasteiger partial charge on any atom is 0.264 e. The highest BCUT2D eigenvalue weighted by Gasteiger charge is 2.25. The maximum absolute atomic E-state index is 12.9. The number of benzene rings is 2. The zero-order valence-corrected chi connectivity index (χ0v) is 18.5. The van der Waals surface area contributed by atoms with Crippen LogP contribution in [0.4, 0.5) is 5.69 Å². The second kappa shape index (κ2) is 8.73. The normalized spacial score (nSPS) is 15.4. The van der Waals surface area contributed by atoms with Gasteiger partial charge in [0.15, 0.2) is 0 Å². The first kappa shape index (κ1) is 21.6. The highest BCUT2D eigenvalue weighted by Crippen LogP contribution is 2.27. The van der Waals surface area contributed by atoms with E-state index in [1.807, 2.05) is 11.8 Å². The molecule has 0 aromatic heterocycles. The molecule has 0 N–H and O–H groups in total. The molecule has 2 aromatic carbocycles. The number of nitrogens with zero attached hydrogens (tertiary/aromatic N) is 3. The molecule has 1 saturated heterocycles. The summed E-state index contributed by atoms with van der Waals surface area (Å²) in [5.41, 5.74) is 1.84. The molecule has 3 rings (SSSR count). The van der Waals surface area contributed by atoms with Crippen LogP contribution in [0.3, 0.4) is 0 Å². The number of likely N-dealkylation sites (N-methyl/N-ethyl adjacent to an activating group) is 1. The van der Waals surface area contributed by atoms with E-state index in [0.717, 1.165) is 25.2 Å². The van der Waals surface area contributed by atoms with Crippen molar-refractivity contribution in [2.75, 3.05) is 44.1 Å². The first-order valence-corrected chi connectivity index (χ1v) is 11.4. The average Bonchev–Trinajstić information content (AvgIpc) is 2.73. The second-order valence-corrected chi connectivity index (χ2v) is 9.56. The Morgan fingerprint density at radius 3 is 2.24 bits per heavy atom. The number of amides is 1. The first-order chi connectivity index (χ1) is 13.7. The molecule has 1 fully saturated rings. The fourth-order valence-corrected chi connectivity index (χ4v) is 4.87. The van der Waals surface area contributed by atoms with Gasteiger partial charge in [-0.1, -0.05) is 18.5 Å². The van der Waals surface area contributed by atoms with Crippen LogP contribution in [0.1, 0.15) is 22.8 Å². The van der Waals surface area contributed by atoms with Gasteiger partial charge in [-0.25, -0.2) is 8.42 Å². The topological polar surface area (TPSA) is 60.9 Å². The monoisotopic (exact) mass is 435 g/mol. The highest BCUT2D eigenvalue weighted by molar-refractivity contribution is 7.92. The molecule has 2 aromatic rings. The molecular formula is C21H26ClN3O3S. The molecular weight excluding hydrogens is 410 g/mol. The van der Waals surface area contributed by atoms with Crippen LogP contribution in [0.25, 0.3) is 0 Å². The lowest BCUT2D eigenvalue weighted by Crippen LogP contribution is -2.48. The average molecular weight is 436 g/mol. The molecule has 0 aliphatic carbocycles. The van der Waals surface area contributed by atoms with Crippen LogP contribution in [-0.4, -0.2) is 63.9 Å². The van der Waals surface area contributed by atoms with E-state index in [1.54, 1.807) is 30.3 Å². The Hall–Kier alpha value is -2.09. The summed E-state index contributed by atoms with van der Waals surface area (Å²) in [4.78, 5) is 17.2. The number of aryl methyl sites for hydroxylation is 1. The number of halogens is 1. The minimum Gasteiger partial charge on any atom is -0.336 e. The van der Waals surface area contributed by atoms with E-state index in [9.17, 15) is 13.2 Å². The van der Waals surface area contributed by atoms with Crippen LogP contribution in [0.5, 0.6) is 0 Å². The summed E-state index contributed by atoms with van der Waals surface area (Å²) in [5.74, 6) is -0.0152. The summed E-state index contributed by atoms with van der Waals surface area (Å²) in [6, 6.07) is 11.2. The van der Waals surface area contributed by atoms with Crippen molar-refractivity contribution in [2.45, 2.75) is 18.7 Å². The molecule has 0 atom stereocenters. The SMILES string of the molecule is CCN1CCN(C(=O)c2ccc(N(C)S(=O)(=O)c3ccc(Cl)cc3)c(C)c2)CC1. The molecule has 1 aliphatic heterocycles. The number of carbonyl (C=O) groups excluding carboxylic acids is 1. The minimum atomic E-state index is -3.72. The van der Waals surface area contributed by atoms with Gasteiger partial charge in [-0.05, 0) is 61.5 Å². The molecule has 0 spiro atoms. The Bertz CT molecular complexity index is 985. The summed E-state index contributed by atoms with van der Waals surface area (Å²) in [6.07, 6.45) is 0. The van der Waals surface area contributed by atoms with E-state index in [0.29, 0.717) is 29.4 Å². The van der Waals surface area contributed by atoms with E-state index in [1.165, 1.54) is 23.5 Å². The molecule has 8 heteroatoms. The van der Waals surface area contributed by atoms with Gasteiger partial charge in [0.1, 0.15) is 0 Å². The molecule has 0 unspecified atom stereocenters. The van der Waals surface area contributed by atoms with Gasteiger partial charge in [0.05, 0.1) is 10.6 Å². The predicted molar refractivity (Wildman–Crippen MR) is 116 cm³/mol. The highest BCUT2D eigenvalue weighted by atomic mass is 35.5. The van der Waals surface area contributed by atoms with Gasteiger partial charge >= 0.3 is 0 Å². The third kappa shape index (κ3) is 4.57. The second-order valence-electron chi connectivity index (χ2n) is 7.15. The quantitative estimate of drug-likeness (QED) is 0.723. The van der Waals surface area contributed by atoms with Gasteiger partial charge in [0.2, 0.25) is 0 Å². The number of piperazine rings is 1. The molecule has 0 radical (unpaired) electrons. The molecule has 6 nitrogen and oxygen atoms in total. The Balaban J connectivity index is 1.80. The van der Waals surface area contributed by atoms with Gasteiger partial charge in [-0.2, -0.15) is 0 Å². The van der Waals surface area contributed by atoms with E-state index in [4.69, 9.17) is 11.6 Å². The Labute approximate surface area is 177 Å². The summed E-state index contributed by atoms with van der Waals surface area (Å²) in [6.45, 7) is 8.09. The fourth-order valence-electron chi connectivity index (χ4n) is 3.49. The van der Waals surface area contributed by atoms with Crippen molar-refractivity contribution >= 4 is 33.2 Å². The van der Waals surface area contributed by atoms with Crippen molar-refractivity contribution in [2.24, 2.45) is 0 Å². The largest absolute Gasteiger partial charge is 0.336 e. The van der Waals surface area contributed by atoms with E-state index in [-0.39, 0.29) is 10.8 Å². The summed E-state index contributed by atoms with van der Waals surface area (Å²) in [7, 11) is -2.21. The Kier molecular flexibility index (Phi) is 6.51. The zero-order valence-electron chi connectivity index (χ0n) is 16.9. The molecule has 156 valence electrons. The number of carbonyl (C=O) groups is 1. The van der Waals surface area contributed by atoms with Gasteiger partial charge in [0, 0.05) is 43.8 Å². The molecule has 1 amide bonds. The number of rotatable bonds is 5. The molecule has 0 bridgehead atoms. The lowest BCUT2D eigenvalue weighted by atomic mass is 10.1. The smallest absolute Gasteiger partial charge is 0.264 e. The van der Waals surface area contributed by atoms with E-state index >= 15 is 0 Å². The summed E-state index contributed by atoms with van der Waals surface area (Å²) >= 11 is 5.86. The Morgan fingerprint density at radius 1 is 1.07 bits per heavy atom. The molecule has 1 heterocycles. The maximum atomic E-state index is 12.9. The number of hydrogen-bond acceptors (Lipinski definition) is 4. The third-order valence-corrected chi connectivity index (χ3v) is 7.40. The van der Waals surface area contributed by atoms with Crippen molar-refractivity contribution in [3.05, 3.63) is 58.6 Å². The molecule has 1 aliphatic rings. The number of sulfonamides is 1. The van der Waals surface area contributed by atoms with Gasteiger partial charge in [0.25, 0.3) is 15.9 Å². The van der Waals surface area contributed by atoms with Crippen LogP contribution < -0.4 is 4.31 Å². The fraction of sp³-hybridized carbons (Fsp3) is 0.381. The Morgan fingerprint density at radius 2 is 1.69 bits per heavy atom. The molecule has 0 saturated carbocycles. The summed E-state index contributed by atoms with van der Waals surface area (Å²) < 4.78 is 27.1. The van der Waals surface area contributed by atoms with E-state index < -0.39 is 10.0 Å². The van der Waals surface area contributed by atoms with Crippen LogP contribution in [-0.2, 0) is 10.0 Å². The standard InChI is InChI=1S/C21H26ClN3O3S/c1-4-24-11-13-25(14-12-24)21(26)17-5-10-20(16(2)15-17)23(3)29(27,28)19-8-6-18(22)7-9-19/h5-10,15H,4,11-14H2,1-3H3.